The molecular formula is C12H18N2O2. The number of rotatable bonds is 5. The van der Waals surface area contributed by atoms with Crippen molar-refractivity contribution in [3.8, 4) is 0 Å². The first-order chi connectivity index (χ1) is 7.57. The number of aromatic nitrogens is 1. The van der Waals surface area contributed by atoms with Crippen molar-refractivity contribution in [1.82, 2.24) is 4.98 Å². The van der Waals surface area contributed by atoms with Crippen LogP contribution in [-0.4, -0.2) is 28.6 Å². The van der Waals surface area contributed by atoms with E-state index in [1.807, 2.05) is 19.9 Å². The summed E-state index contributed by atoms with van der Waals surface area (Å²) in [4.78, 5) is 17.1. The summed E-state index contributed by atoms with van der Waals surface area (Å²) in [6.45, 7) is 7.01. The molecule has 0 bridgehead atoms. The Morgan fingerprint density at radius 3 is 2.75 bits per heavy atom. The average Bonchev–Trinajstić information content (AvgIpc) is 2.25. The molecule has 0 unspecified atom stereocenters. The number of hydrogen-bond donors (Lipinski definition) is 1. The van der Waals surface area contributed by atoms with Crippen LogP contribution in [0, 0.1) is 0 Å². The third kappa shape index (κ3) is 2.72. The summed E-state index contributed by atoms with van der Waals surface area (Å²) in [6, 6.07) is 3.85. The fraction of sp³-hybridized carbons (Fsp3) is 0.500. The van der Waals surface area contributed by atoms with Crippen molar-refractivity contribution in [2.45, 2.75) is 33.2 Å². The Hall–Kier alpha value is -1.58. The monoisotopic (exact) mass is 222 g/mol. The second-order valence-electron chi connectivity index (χ2n) is 3.96. The van der Waals surface area contributed by atoms with Crippen molar-refractivity contribution in [1.29, 1.82) is 0 Å². The molecule has 0 saturated heterocycles. The molecule has 4 heteroatoms. The van der Waals surface area contributed by atoms with Gasteiger partial charge in [-0.25, -0.2) is 9.78 Å². The zero-order valence-corrected chi connectivity index (χ0v) is 9.97. The topological polar surface area (TPSA) is 53.4 Å². The van der Waals surface area contributed by atoms with Gasteiger partial charge in [0.05, 0.1) is 5.69 Å². The molecule has 1 heterocycles. The molecule has 1 aromatic rings. The van der Waals surface area contributed by atoms with Crippen molar-refractivity contribution < 1.29 is 9.90 Å². The maximum absolute atomic E-state index is 11.1. The largest absolute Gasteiger partial charge is 0.476 e. The SMILES string of the molecule is CCCN(c1cccnc1C(=O)O)C(C)C. The van der Waals surface area contributed by atoms with Crippen LogP contribution in [-0.2, 0) is 0 Å². The van der Waals surface area contributed by atoms with Crippen LogP contribution in [0.15, 0.2) is 18.3 Å². The number of carboxylic acid groups (broad SMARTS) is 1. The molecule has 1 rings (SSSR count). The number of carboxylic acids is 1. The standard InChI is InChI=1S/C12H18N2O2/c1-4-8-14(9(2)3)10-6-5-7-13-11(10)12(15)16/h5-7,9H,4,8H2,1-3H3,(H,15,16). The number of hydrogen-bond acceptors (Lipinski definition) is 3. The summed E-state index contributed by atoms with van der Waals surface area (Å²) in [5.74, 6) is -0.975. The Balaban J connectivity index is 3.12. The summed E-state index contributed by atoms with van der Waals surface area (Å²) in [6.07, 6.45) is 2.49. The zero-order chi connectivity index (χ0) is 12.1. The van der Waals surface area contributed by atoms with Gasteiger partial charge in [0.1, 0.15) is 0 Å². The summed E-state index contributed by atoms with van der Waals surface area (Å²) < 4.78 is 0. The lowest BCUT2D eigenvalue weighted by atomic mass is 10.2. The minimum absolute atomic E-state index is 0.129. The molecule has 0 spiro atoms. The normalized spacial score (nSPS) is 10.5. The molecule has 0 aliphatic heterocycles. The van der Waals surface area contributed by atoms with E-state index < -0.39 is 5.97 Å². The van der Waals surface area contributed by atoms with Crippen LogP contribution < -0.4 is 4.90 Å². The average molecular weight is 222 g/mol. The van der Waals surface area contributed by atoms with E-state index in [2.05, 4.69) is 16.8 Å². The molecule has 4 nitrogen and oxygen atoms in total. The number of pyridine rings is 1. The predicted molar refractivity (Wildman–Crippen MR) is 64.0 cm³/mol. The van der Waals surface area contributed by atoms with Gasteiger partial charge in [-0.2, -0.15) is 0 Å². The highest BCUT2D eigenvalue weighted by Crippen LogP contribution is 2.20. The van der Waals surface area contributed by atoms with Crippen molar-refractivity contribution in [3.63, 3.8) is 0 Å². The second kappa shape index (κ2) is 5.49. The van der Waals surface area contributed by atoms with Crippen molar-refractivity contribution in [3.05, 3.63) is 24.0 Å². The summed E-state index contributed by atoms with van der Waals surface area (Å²) in [7, 11) is 0. The third-order valence-electron chi connectivity index (χ3n) is 2.39. The van der Waals surface area contributed by atoms with Gasteiger partial charge in [0, 0.05) is 18.8 Å². The van der Waals surface area contributed by atoms with Gasteiger partial charge < -0.3 is 10.0 Å². The first-order valence-corrected chi connectivity index (χ1v) is 5.52. The fourth-order valence-electron chi connectivity index (χ4n) is 1.69. The molecule has 0 fully saturated rings. The number of anilines is 1. The lowest BCUT2D eigenvalue weighted by molar-refractivity contribution is 0.0691. The van der Waals surface area contributed by atoms with Crippen LogP contribution in [0.2, 0.25) is 0 Å². The molecule has 0 atom stereocenters. The Kier molecular flexibility index (Phi) is 4.28. The minimum atomic E-state index is -0.975. The first kappa shape index (κ1) is 12.5. The molecular weight excluding hydrogens is 204 g/mol. The van der Waals surface area contributed by atoms with E-state index in [9.17, 15) is 4.79 Å². The highest BCUT2D eigenvalue weighted by Gasteiger charge is 2.18. The van der Waals surface area contributed by atoms with E-state index in [0.29, 0.717) is 5.69 Å². The van der Waals surface area contributed by atoms with Gasteiger partial charge in [-0.15, -0.1) is 0 Å². The highest BCUT2D eigenvalue weighted by molar-refractivity contribution is 5.92. The molecule has 0 radical (unpaired) electrons. The first-order valence-electron chi connectivity index (χ1n) is 5.52. The molecule has 0 aromatic carbocycles. The predicted octanol–water partition coefficient (Wildman–Crippen LogP) is 2.40. The number of nitrogens with zero attached hydrogens (tertiary/aromatic N) is 2. The van der Waals surface area contributed by atoms with Gasteiger partial charge in [-0.1, -0.05) is 6.92 Å². The Bertz CT molecular complexity index is 364. The van der Waals surface area contributed by atoms with E-state index in [4.69, 9.17) is 5.11 Å². The van der Waals surface area contributed by atoms with Crippen molar-refractivity contribution in [2.24, 2.45) is 0 Å². The Morgan fingerprint density at radius 2 is 2.25 bits per heavy atom. The van der Waals surface area contributed by atoms with Gasteiger partial charge in [0.25, 0.3) is 0 Å². The van der Waals surface area contributed by atoms with Crippen molar-refractivity contribution >= 4 is 11.7 Å². The van der Waals surface area contributed by atoms with Crippen LogP contribution in [0.4, 0.5) is 5.69 Å². The van der Waals surface area contributed by atoms with Gasteiger partial charge in [-0.3, -0.25) is 0 Å². The third-order valence-corrected chi connectivity index (χ3v) is 2.39. The van der Waals surface area contributed by atoms with E-state index >= 15 is 0 Å². The summed E-state index contributed by atoms with van der Waals surface area (Å²) in [5.41, 5.74) is 0.830. The van der Waals surface area contributed by atoms with Crippen molar-refractivity contribution in [2.75, 3.05) is 11.4 Å². The summed E-state index contributed by atoms with van der Waals surface area (Å²) >= 11 is 0. The zero-order valence-electron chi connectivity index (χ0n) is 9.97. The van der Waals surface area contributed by atoms with E-state index in [1.54, 1.807) is 6.07 Å². The van der Waals surface area contributed by atoms with Gasteiger partial charge in [0.15, 0.2) is 5.69 Å². The van der Waals surface area contributed by atoms with E-state index in [0.717, 1.165) is 13.0 Å². The van der Waals surface area contributed by atoms with Gasteiger partial charge >= 0.3 is 5.97 Å². The molecule has 0 aliphatic carbocycles. The lowest BCUT2D eigenvalue weighted by Gasteiger charge is -2.29. The molecule has 0 amide bonds. The number of carbonyl (C=O) groups is 1. The maximum atomic E-state index is 11.1. The molecule has 1 aromatic heterocycles. The van der Waals surface area contributed by atoms with Crippen LogP contribution in [0.25, 0.3) is 0 Å². The van der Waals surface area contributed by atoms with Crippen LogP contribution in [0.1, 0.15) is 37.7 Å². The van der Waals surface area contributed by atoms with E-state index in [-0.39, 0.29) is 11.7 Å². The van der Waals surface area contributed by atoms with Gasteiger partial charge in [-0.05, 0) is 32.4 Å². The molecule has 0 aliphatic rings. The van der Waals surface area contributed by atoms with Gasteiger partial charge in [0.2, 0.25) is 0 Å². The van der Waals surface area contributed by atoms with Crippen LogP contribution in [0.3, 0.4) is 0 Å². The quantitative estimate of drug-likeness (QED) is 0.831. The maximum Gasteiger partial charge on any atom is 0.356 e. The highest BCUT2D eigenvalue weighted by atomic mass is 16.4. The second-order valence-corrected chi connectivity index (χ2v) is 3.96. The molecule has 16 heavy (non-hydrogen) atoms. The summed E-state index contributed by atoms with van der Waals surface area (Å²) in [5, 5.41) is 9.08. The fourth-order valence-corrected chi connectivity index (χ4v) is 1.69. The molecule has 0 saturated carbocycles. The van der Waals surface area contributed by atoms with Crippen LogP contribution in [0.5, 0.6) is 0 Å². The Labute approximate surface area is 95.9 Å². The number of aromatic carboxylic acids is 1. The van der Waals surface area contributed by atoms with E-state index in [1.165, 1.54) is 6.20 Å². The smallest absolute Gasteiger partial charge is 0.356 e. The lowest BCUT2D eigenvalue weighted by Crippen LogP contribution is -2.33. The van der Waals surface area contributed by atoms with Crippen LogP contribution >= 0.6 is 0 Å². The molecule has 1 N–H and O–H groups in total. The molecule has 88 valence electrons. The Morgan fingerprint density at radius 1 is 1.56 bits per heavy atom. The minimum Gasteiger partial charge on any atom is -0.476 e.